The maximum absolute atomic E-state index is 5.74. The van der Waals surface area contributed by atoms with Crippen LogP contribution >= 0.6 is 36.9 Å². The molecule has 3 heteroatoms. The normalized spacial score (nSPS) is 11.7. The van der Waals surface area contributed by atoms with Gasteiger partial charge in [0.25, 0.3) is 0 Å². The molecule has 0 saturated carbocycles. The van der Waals surface area contributed by atoms with Gasteiger partial charge >= 0.3 is 0 Å². The van der Waals surface area contributed by atoms with E-state index in [1.54, 1.807) is 0 Å². The Morgan fingerprint density at radius 3 is 2.17 bits per heavy atom. The van der Waals surface area contributed by atoms with Crippen molar-refractivity contribution >= 4 is 36.9 Å². The van der Waals surface area contributed by atoms with Gasteiger partial charge in [-0.1, -0.05) is 23.7 Å². The van der Waals surface area contributed by atoms with Gasteiger partial charge in [0, 0.05) is 5.02 Å². The smallest absolute Gasteiger partial charge is 0.0564 e. The predicted molar refractivity (Wildman–Crippen MR) is 61.5 cm³/mol. The molecule has 1 aromatic rings. The summed E-state index contributed by atoms with van der Waals surface area (Å²) in [5, 5.41) is 0.763. The lowest BCUT2D eigenvalue weighted by Crippen LogP contribution is -2.10. The molecule has 0 atom stereocenters. The standard InChI is InChI=1S/C9H11ClS2/c1-9(11,12)6-7-2-4-8(10)5-3-7/h2-5,11-12H,6H2,1H3. The Balaban J connectivity index is 2.71. The molecular weight excluding hydrogens is 208 g/mol. The minimum atomic E-state index is -0.256. The molecule has 0 bridgehead atoms. The molecular formula is C9H11ClS2. The molecule has 0 N–H and O–H groups in total. The van der Waals surface area contributed by atoms with Gasteiger partial charge in [-0.15, -0.1) is 0 Å². The lowest BCUT2D eigenvalue weighted by molar-refractivity contribution is 0.895. The van der Waals surface area contributed by atoms with Crippen molar-refractivity contribution in [2.24, 2.45) is 0 Å². The molecule has 0 aliphatic heterocycles. The molecule has 0 amide bonds. The molecule has 0 aliphatic rings. The fourth-order valence-electron chi connectivity index (χ4n) is 0.989. The highest BCUT2D eigenvalue weighted by Gasteiger charge is 2.12. The molecule has 0 saturated heterocycles. The molecule has 0 nitrogen and oxygen atoms in total. The van der Waals surface area contributed by atoms with Gasteiger partial charge in [0.05, 0.1) is 4.08 Å². The molecule has 0 fully saturated rings. The van der Waals surface area contributed by atoms with Crippen molar-refractivity contribution in [3.63, 3.8) is 0 Å². The Kier molecular flexibility index (Phi) is 3.38. The highest BCUT2D eigenvalue weighted by Crippen LogP contribution is 2.24. The van der Waals surface area contributed by atoms with Gasteiger partial charge in [0.15, 0.2) is 0 Å². The van der Waals surface area contributed by atoms with Crippen molar-refractivity contribution in [3.05, 3.63) is 34.9 Å². The average Bonchev–Trinajstić information content (AvgIpc) is 1.91. The van der Waals surface area contributed by atoms with Crippen LogP contribution in [0.1, 0.15) is 12.5 Å². The summed E-state index contributed by atoms with van der Waals surface area (Å²) in [6.45, 7) is 1.97. The molecule has 0 aromatic heterocycles. The molecule has 0 unspecified atom stereocenters. The molecule has 0 heterocycles. The van der Waals surface area contributed by atoms with E-state index in [1.165, 1.54) is 5.56 Å². The Labute approximate surface area is 89.1 Å². The molecule has 0 spiro atoms. The molecule has 66 valence electrons. The number of benzene rings is 1. The molecule has 1 rings (SSSR count). The monoisotopic (exact) mass is 218 g/mol. The van der Waals surface area contributed by atoms with Gasteiger partial charge in [-0.05, 0) is 31.0 Å². The fraction of sp³-hybridized carbons (Fsp3) is 0.333. The number of rotatable bonds is 2. The first kappa shape index (κ1) is 10.3. The minimum Gasteiger partial charge on any atom is -0.162 e. The van der Waals surface area contributed by atoms with E-state index in [0.29, 0.717) is 0 Å². The Morgan fingerprint density at radius 2 is 1.75 bits per heavy atom. The zero-order valence-corrected chi connectivity index (χ0v) is 9.33. The third-order valence-electron chi connectivity index (χ3n) is 1.45. The van der Waals surface area contributed by atoms with Crippen LogP contribution in [0.15, 0.2) is 24.3 Å². The van der Waals surface area contributed by atoms with E-state index >= 15 is 0 Å². The first-order valence-electron chi connectivity index (χ1n) is 3.66. The van der Waals surface area contributed by atoms with Gasteiger partial charge < -0.3 is 0 Å². The maximum Gasteiger partial charge on any atom is 0.0564 e. The largest absolute Gasteiger partial charge is 0.162 e. The van der Waals surface area contributed by atoms with Gasteiger partial charge in [0.2, 0.25) is 0 Å². The zero-order chi connectivity index (χ0) is 9.19. The molecule has 0 aliphatic carbocycles. The van der Waals surface area contributed by atoms with Crippen LogP contribution in [-0.4, -0.2) is 4.08 Å². The van der Waals surface area contributed by atoms with E-state index in [2.05, 4.69) is 25.3 Å². The van der Waals surface area contributed by atoms with Gasteiger partial charge in [0.1, 0.15) is 0 Å². The Hall–Kier alpha value is 0.210. The zero-order valence-electron chi connectivity index (χ0n) is 6.79. The van der Waals surface area contributed by atoms with E-state index in [-0.39, 0.29) is 4.08 Å². The van der Waals surface area contributed by atoms with Crippen molar-refractivity contribution in [1.29, 1.82) is 0 Å². The lowest BCUT2D eigenvalue weighted by atomic mass is 10.1. The molecule has 12 heavy (non-hydrogen) atoms. The summed E-state index contributed by atoms with van der Waals surface area (Å²) in [6.07, 6.45) is 0.830. The number of thiol groups is 2. The van der Waals surface area contributed by atoms with Crippen LogP contribution < -0.4 is 0 Å². The van der Waals surface area contributed by atoms with E-state index in [4.69, 9.17) is 11.6 Å². The fourth-order valence-corrected chi connectivity index (χ4v) is 1.48. The number of halogens is 1. The topological polar surface area (TPSA) is 0 Å². The second-order valence-corrected chi connectivity index (χ2v) is 5.78. The molecule has 0 radical (unpaired) electrons. The summed E-state index contributed by atoms with van der Waals surface area (Å²) in [5.41, 5.74) is 1.20. The van der Waals surface area contributed by atoms with Crippen LogP contribution in [0.2, 0.25) is 5.02 Å². The van der Waals surface area contributed by atoms with Crippen molar-refractivity contribution in [2.45, 2.75) is 17.4 Å². The van der Waals surface area contributed by atoms with E-state index in [9.17, 15) is 0 Å². The molecule has 1 aromatic carbocycles. The number of hydrogen-bond donors (Lipinski definition) is 2. The van der Waals surface area contributed by atoms with E-state index < -0.39 is 0 Å². The van der Waals surface area contributed by atoms with Crippen molar-refractivity contribution in [3.8, 4) is 0 Å². The average molecular weight is 219 g/mol. The van der Waals surface area contributed by atoms with Gasteiger partial charge in [-0.2, -0.15) is 25.3 Å². The highest BCUT2D eigenvalue weighted by molar-refractivity contribution is 8.00. The number of hydrogen-bond acceptors (Lipinski definition) is 2. The second-order valence-electron chi connectivity index (χ2n) is 3.02. The van der Waals surface area contributed by atoms with Crippen molar-refractivity contribution in [1.82, 2.24) is 0 Å². The van der Waals surface area contributed by atoms with Crippen LogP contribution in [0, 0.1) is 0 Å². The van der Waals surface area contributed by atoms with Crippen LogP contribution in [0.4, 0.5) is 0 Å². The quantitative estimate of drug-likeness (QED) is 0.552. The summed E-state index contributed by atoms with van der Waals surface area (Å²) in [6, 6.07) is 7.74. The Bertz CT molecular complexity index is 248. The summed E-state index contributed by atoms with van der Waals surface area (Å²) in [4.78, 5) is 0. The van der Waals surface area contributed by atoms with Crippen molar-refractivity contribution in [2.75, 3.05) is 0 Å². The van der Waals surface area contributed by atoms with E-state index in [0.717, 1.165) is 11.4 Å². The first-order valence-corrected chi connectivity index (χ1v) is 4.94. The van der Waals surface area contributed by atoms with Gasteiger partial charge in [-0.3, -0.25) is 0 Å². The highest BCUT2D eigenvalue weighted by atomic mass is 35.5. The lowest BCUT2D eigenvalue weighted by Gasteiger charge is -2.15. The first-order chi connectivity index (χ1) is 5.47. The third-order valence-corrected chi connectivity index (χ3v) is 2.02. The van der Waals surface area contributed by atoms with Crippen LogP contribution in [0.3, 0.4) is 0 Å². The maximum atomic E-state index is 5.74. The minimum absolute atomic E-state index is 0.256. The van der Waals surface area contributed by atoms with E-state index in [1.807, 2.05) is 31.2 Å². The predicted octanol–water partition coefficient (Wildman–Crippen LogP) is 3.46. The van der Waals surface area contributed by atoms with Crippen LogP contribution in [-0.2, 0) is 6.42 Å². The third kappa shape index (κ3) is 3.74. The van der Waals surface area contributed by atoms with Crippen LogP contribution in [0.5, 0.6) is 0 Å². The summed E-state index contributed by atoms with van der Waals surface area (Å²) in [7, 11) is 0. The van der Waals surface area contributed by atoms with Gasteiger partial charge in [-0.25, -0.2) is 0 Å². The SMILES string of the molecule is CC(S)(S)Cc1ccc(Cl)cc1. The Morgan fingerprint density at radius 1 is 1.25 bits per heavy atom. The second kappa shape index (κ2) is 3.95. The van der Waals surface area contributed by atoms with Crippen molar-refractivity contribution < 1.29 is 0 Å². The van der Waals surface area contributed by atoms with Crippen LogP contribution in [0.25, 0.3) is 0 Å². The summed E-state index contributed by atoms with van der Waals surface area (Å²) < 4.78 is -0.256. The summed E-state index contributed by atoms with van der Waals surface area (Å²) >= 11 is 14.4. The summed E-state index contributed by atoms with van der Waals surface area (Å²) in [5.74, 6) is 0.